The summed E-state index contributed by atoms with van der Waals surface area (Å²) in [6, 6.07) is 14.8. The van der Waals surface area contributed by atoms with E-state index in [0.717, 1.165) is 57.1 Å². The van der Waals surface area contributed by atoms with Crippen LogP contribution in [0.1, 0.15) is 90.2 Å². The lowest BCUT2D eigenvalue weighted by Gasteiger charge is -2.48. The summed E-state index contributed by atoms with van der Waals surface area (Å²) < 4.78 is 45.0. The Balaban J connectivity index is 1.46. The maximum absolute atomic E-state index is 13.6. The van der Waals surface area contributed by atoms with Gasteiger partial charge < -0.3 is 48.5 Å². The lowest BCUT2D eigenvalue weighted by Crippen LogP contribution is -2.69. The van der Waals surface area contributed by atoms with E-state index in [1.807, 2.05) is 36.4 Å². The van der Waals surface area contributed by atoms with Gasteiger partial charge in [0.15, 0.2) is 12.2 Å². The molecule has 1 saturated heterocycles. The van der Waals surface area contributed by atoms with Crippen LogP contribution in [0.4, 0.5) is 4.79 Å². The van der Waals surface area contributed by atoms with E-state index < -0.39 is 91.1 Å². The van der Waals surface area contributed by atoms with Crippen LogP contribution >= 0.6 is 0 Å². The summed E-state index contributed by atoms with van der Waals surface area (Å²) in [5.41, 5.74) is 4.45. The smallest absolute Gasteiger partial charge is 0.407 e. The van der Waals surface area contributed by atoms with Crippen LogP contribution in [0.25, 0.3) is 11.1 Å². The van der Waals surface area contributed by atoms with E-state index in [-0.39, 0.29) is 32.1 Å². The standard InChI is InChI=1S/C42H54N2O15/c1-7-15-36(49)44-37-34(56-26(3)46)22-42(40(50)52-6,59-39(37)38(58-28(5)48)35(57-27(4)47)24-53-25(2)45)55-21-14-8-13-20-43-41(51)54-23-33-31-18-11-9-16-29(31)30-17-10-12-19-32(30)33/h9-12,16-19,33-35,37-39H,7-8,13-15,20-24H2,1-6H3,(H,43,51)(H,44,49)/t34-,35+,37+,38+,39+,42+/m0/s1. The number of alkyl carbamates (subject to hydrolysis) is 1. The number of amides is 2. The van der Waals surface area contributed by atoms with E-state index in [9.17, 15) is 33.6 Å². The SMILES string of the molecule is CCCC(=O)N[C@H]1[C@H]([C@H](OC(C)=O)[C@@H](COC(C)=O)OC(C)=O)O[C@@](OCCCCCNC(=O)OCC2c3ccccc3-c3ccccc32)(C(=O)OC)C[C@@H]1OC(C)=O. The number of esters is 5. The monoisotopic (exact) mass is 826 g/mol. The number of carbonyl (C=O) groups excluding carboxylic acids is 7. The fourth-order valence-electron chi connectivity index (χ4n) is 7.28. The maximum Gasteiger partial charge on any atom is 0.407 e. The molecule has 1 heterocycles. The predicted molar refractivity (Wildman–Crippen MR) is 207 cm³/mol. The van der Waals surface area contributed by atoms with Crippen LogP contribution in [-0.2, 0) is 66.7 Å². The molecular weight excluding hydrogens is 772 g/mol. The number of ether oxygens (including phenoxy) is 8. The van der Waals surface area contributed by atoms with Crippen molar-refractivity contribution in [2.45, 2.75) is 115 Å². The summed E-state index contributed by atoms with van der Waals surface area (Å²) >= 11 is 0. The molecule has 0 unspecified atom stereocenters. The number of nitrogens with one attached hydrogen (secondary N) is 2. The molecule has 17 heteroatoms. The van der Waals surface area contributed by atoms with Gasteiger partial charge in [0.05, 0.1) is 26.2 Å². The molecule has 1 fully saturated rings. The van der Waals surface area contributed by atoms with Crippen LogP contribution in [0.15, 0.2) is 48.5 Å². The highest BCUT2D eigenvalue weighted by molar-refractivity contribution is 5.80. The summed E-state index contributed by atoms with van der Waals surface area (Å²) in [4.78, 5) is 88.4. The summed E-state index contributed by atoms with van der Waals surface area (Å²) in [6.45, 7) is 5.88. The van der Waals surface area contributed by atoms with Gasteiger partial charge in [0.1, 0.15) is 25.4 Å². The number of unbranched alkanes of at least 4 members (excludes halogenated alkanes) is 2. The molecule has 1 aliphatic carbocycles. The Labute approximate surface area is 343 Å². The van der Waals surface area contributed by atoms with Gasteiger partial charge in [0, 0.05) is 46.6 Å². The van der Waals surface area contributed by atoms with Gasteiger partial charge in [0.25, 0.3) is 5.79 Å². The molecule has 2 N–H and O–H groups in total. The molecule has 6 atom stereocenters. The molecule has 2 aromatic carbocycles. The Hall–Kier alpha value is -5.55. The third-order valence-electron chi connectivity index (χ3n) is 9.70. The fraction of sp³-hybridized carbons (Fsp3) is 0.548. The van der Waals surface area contributed by atoms with E-state index in [1.165, 1.54) is 0 Å². The summed E-state index contributed by atoms with van der Waals surface area (Å²) in [7, 11) is 1.09. The van der Waals surface area contributed by atoms with Gasteiger partial charge in [0.2, 0.25) is 5.91 Å². The average Bonchev–Trinajstić information content (AvgIpc) is 3.51. The summed E-state index contributed by atoms with van der Waals surface area (Å²) in [5.74, 6) is -7.18. The van der Waals surface area contributed by atoms with Crippen LogP contribution in [0.5, 0.6) is 0 Å². The zero-order chi connectivity index (χ0) is 43.1. The van der Waals surface area contributed by atoms with Crippen molar-refractivity contribution in [3.8, 4) is 11.1 Å². The van der Waals surface area contributed by atoms with Crippen molar-refractivity contribution in [1.29, 1.82) is 0 Å². The minimum absolute atomic E-state index is 0.0455. The zero-order valence-electron chi connectivity index (χ0n) is 34.3. The normalized spacial score (nSPS) is 20.4. The molecule has 17 nitrogen and oxygen atoms in total. The summed E-state index contributed by atoms with van der Waals surface area (Å²) in [5, 5.41) is 5.51. The number of benzene rings is 2. The highest BCUT2D eigenvalue weighted by Gasteiger charge is 2.59. The molecule has 322 valence electrons. The van der Waals surface area contributed by atoms with Crippen molar-refractivity contribution >= 4 is 41.8 Å². The van der Waals surface area contributed by atoms with Crippen molar-refractivity contribution < 1.29 is 71.5 Å². The van der Waals surface area contributed by atoms with Crippen LogP contribution in [0.2, 0.25) is 0 Å². The second-order valence-electron chi connectivity index (χ2n) is 14.2. The molecule has 2 aliphatic rings. The molecule has 1 aliphatic heterocycles. The number of hydrogen-bond donors (Lipinski definition) is 2. The van der Waals surface area contributed by atoms with Crippen molar-refractivity contribution in [2.24, 2.45) is 0 Å². The Morgan fingerprint density at radius 2 is 1.46 bits per heavy atom. The number of methoxy groups -OCH3 is 1. The molecule has 2 aromatic rings. The Bertz CT molecular complexity index is 1770. The molecule has 0 radical (unpaired) electrons. The minimum Gasteiger partial charge on any atom is -0.465 e. The fourth-order valence-corrected chi connectivity index (χ4v) is 7.28. The van der Waals surface area contributed by atoms with E-state index >= 15 is 0 Å². The number of fused-ring (bicyclic) bond motifs is 3. The van der Waals surface area contributed by atoms with Gasteiger partial charge >= 0.3 is 35.9 Å². The number of carbonyl (C=O) groups is 7. The number of hydrogen-bond acceptors (Lipinski definition) is 15. The molecule has 2 amide bonds. The quantitative estimate of drug-likeness (QED) is 0.110. The van der Waals surface area contributed by atoms with Crippen molar-refractivity contribution in [2.75, 3.05) is 33.5 Å². The Morgan fingerprint density at radius 3 is 2.03 bits per heavy atom. The zero-order valence-corrected chi connectivity index (χ0v) is 34.3. The molecule has 0 spiro atoms. The van der Waals surface area contributed by atoms with Crippen LogP contribution in [0, 0.1) is 0 Å². The van der Waals surface area contributed by atoms with Crippen LogP contribution in [0.3, 0.4) is 0 Å². The Kier molecular flexibility index (Phi) is 17.2. The Morgan fingerprint density at radius 1 is 0.814 bits per heavy atom. The van der Waals surface area contributed by atoms with E-state index in [2.05, 4.69) is 22.8 Å². The van der Waals surface area contributed by atoms with E-state index in [4.69, 9.17) is 37.9 Å². The predicted octanol–water partition coefficient (Wildman–Crippen LogP) is 4.01. The van der Waals surface area contributed by atoms with Gasteiger partial charge in [-0.25, -0.2) is 9.59 Å². The van der Waals surface area contributed by atoms with Crippen LogP contribution in [-0.4, -0.2) is 112 Å². The minimum atomic E-state index is -2.30. The van der Waals surface area contributed by atoms with Crippen LogP contribution < -0.4 is 10.6 Å². The number of rotatable bonds is 20. The highest BCUT2D eigenvalue weighted by atomic mass is 16.7. The van der Waals surface area contributed by atoms with Gasteiger partial charge in [-0.05, 0) is 47.9 Å². The van der Waals surface area contributed by atoms with Crippen molar-refractivity contribution in [1.82, 2.24) is 10.6 Å². The first-order valence-electron chi connectivity index (χ1n) is 19.6. The first kappa shape index (κ1) is 46.1. The van der Waals surface area contributed by atoms with E-state index in [1.54, 1.807) is 6.92 Å². The third-order valence-corrected chi connectivity index (χ3v) is 9.70. The second kappa shape index (κ2) is 22.0. The van der Waals surface area contributed by atoms with Gasteiger partial charge in [-0.3, -0.25) is 24.0 Å². The maximum atomic E-state index is 13.6. The molecule has 0 saturated carbocycles. The first-order chi connectivity index (χ1) is 28.2. The van der Waals surface area contributed by atoms with Crippen molar-refractivity contribution in [3.63, 3.8) is 0 Å². The van der Waals surface area contributed by atoms with E-state index in [0.29, 0.717) is 25.7 Å². The first-order valence-corrected chi connectivity index (χ1v) is 19.6. The highest BCUT2D eigenvalue weighted by Crippen LogP contribution is 2.44. The molecule has 4 rings (SSSR count). The topological polar surface area (TPSA) is 217 Å². The van der Waals surface area contributed by atoms with Gasteiger partial charge in [-0.1, -0.05) is 55.5 Å². The second-order valence-corrected chi connectivity index (χ2v) is 14.2. The lowest BCUT2D eigenvalue weighted by molar-refractivity contribution is -0.314. The molecule has 59 heavy (non-hydrogen) atoms. The average molecular weight is 827 g/mol. The lowest BCUT2D eigenvalue weighted by atomic mass is 9.87. The van der Waals surface area contributed by atoms with Gasteiger partial charge in [-0.15, -0.1) is 0 Å². The molecule has 0 aromatic heterocycles. The van der Waals surface area contributed by atoms with Crippen molar-refractivity contribution in [3.05, 3.63) is 59.7 Å². The largest absolute Gasteiger partial charge is 0.465 e. The summed E-state index contributed by atoms with van der Waals surface area (Å²) in [6.07, 6.45) is -5.29. The van der Waals surface area contributed by atoms with Gasteiger partial charge in [-0.2, -0.15) is 0 Å². The molecular formula is C42H54N2O15. The molecule has 0 bridgehead atoms. The third kappa shape index (κ3) is 12.7.